The fraction of sp³-hybridized carbons (Fsp3) is 0.808. The second-order valence-electron chi connectivity index (χ2n) is 9.53. The first-order valence-corrected chi connectivity index (χ1v) is 12.7. The molecule has 0 saturated heterocycles. The zero-order chi connectivity index (χ0) is 25.0. The number of carboxylic acids is 1. The highest BCUT2D eigenvalue weighted by molar-refractivity contribution is 5.79. The lowest BCUT2D eigenvalue weighted by atomic mass is 10.1. The summed E-state index contributed by atoms with van der Waals surface area (Å²) in [7, 11) is 0. The molecule has 1 atom stereocenters. The Kier molecular flexibility index (Phi) is 18.2. The second-order valence-corrected chi connectivity index (χ2v) is 9.53. The number of aliphatic carboxylic acids is 1. The third-order valence-corrected chi connectivity index (χ3v) is 5.02. The van der Waals surface area contributed by atoms with Gasteiger partial charge in [-0.05, 0) is 52.9 Å². The normalized spacial score (nSPS) is 12.5. The number of carboxylic acid groups (broad SMARTS) is 1. The van der Waals surface area contributed by atoms with E-state index in [2.05, 4.69) is 24.4 Å². The molecule has 7 heteroatoms. The van der Waals surface area contributed by atoms with Crippen LogP contribution in [0.1, 0.15) is 118 Å². The molecule has 7 nitrogen and oxygen atoms in total. The fourth-order valence-electron chi connectivity index (χ4n) is 3.23. The standard InChI is InChI=1S/C26H47NO6/c1-5-6-7-8-9-10-11-12-13-14-15-16-17-18-19-20-23(28)32-22(24(29)30)21-27-25(31)33-26(2,3)4/h12-13,22H,5-11,14-21H2,1-4H3,(H,27,31)(H,29,30). The minimum atomic E-state index is -1.42. The topological polar surface area (TPSA) is 102 Å². The zero-order valence-corrected chi connectivity index (χ0v) is 21.3. The minimum Gasteiger partial charge on any atom is -0.478 e. The molecule has 0 spiro atoms. The van der Waals surface area contributed by atoms with Gasteiger partial charge < -0.3 is 19.9 Å². The molecule has 33 heavy (non-hydrogen) atoms. The van der Waals surface area contributed by atoms with Crippen LogP contribution in [0.25, 0.3) is 0 Å². The van der Waals surface area contributed by atoms with Gasteiger partial charge in [0.05, 0.1) is 6.54 Å². The quantitative estimate of drug-likeness (QED) is 0.126. The van der Waals surface area contributed by atoms with Gasteiger partial charge in [0.2, 0.25) is 6.10 Å². The number of unbranched alkanes of at least 4 members (excludes halogenated alkanes) is 11. The van der Waals surface area contributed by atoms with E-state index in [1.807, 2.05) is 0 Å². The largest absolute Gasteiger partial charge is 0.478 e. The van der Waals surface area contributed by atoms with Crippen molar-refractivity contribution < 1.29 is 29.0 Å². The lowest BCUT2D eigenvalue weighted by Gasteiger charge is -2.21. The highest BCUT2D eigenvalue weighted by Gasteiger charge is 2.24. The second kappa shape index (κ2) is 19.4. The Bertz CT molecular complexity index is 568. The number of carbonyl (C=O) groups is 3. The Morgan fingerprint density at radius 2 is 1.36 bits per heavy atom. The number of rotatable bonds is 19. The van der Waals surface area contributed by atoms with Crippen LogP contribution in [-0.4, -0.2) is 41.4 Å². The average molecular weight is 470 g/mol. The maximum Gasteiger partial charge on any atom is 0.407 e. The number of nitrogens with one attached hydrogen (secondary N) is 1. The van der Waals surface area contributed by atoms with Gasteiger partial charge in [-0.1, -0.05) is 70.4 Å². The van der Waals surface area contributed by atoms with E-state index in [9.17, 15) is 19.5 Å². The number of ether oxygens (including phenoxy) is 2. The average Bonchev–Trinajstić information content (AvgIpc) is 2.72. The maximum absolute atomic E-state index is 11.9. The summed E-state index contributed by atoms with van der Waals surface area (Å²) in [5, 5.41) is 11.5. The van der Waals surface area contributed by atoms with Crippen molar-refractivity contribution in [3.8, 4) is 0 Å². The van der Waals surface area contributed by atoms with Gasteiger partial charge in [0.1, 0.15) is 5.60 Å². The van der Waals surface area contributed by atoms with E-state index < -0.39 is 29.7 Å². The molecular formula is C26H47NO6. The van der Waals surface area contributed by atoms with Gasteiger partial charge in [-0.25, -0.2) is 9.59 Å². The molecule has 0 aliphatic carbocycles. The first kappa shape index (κ1) is 30.9. The number of esters is 1. The number of amides is 1. The van der Waals surface area contributed by atoms with E-state index in [1.165, 1.54) is 44.9 Å². The molecule has 192 valence electrons. The van der Waals surface area contributed by atoms with Crippen LogP contribution in [0.2, 0.25) is 0 Å². The van der Waals surface area contributed by atoms with Crippen LogP contribution in [0, 0.1) is 0 Å². The van der Waals surface area contributed by atoms with Crippen LogP contribution in [0.15, 0.2) is 12.2 Å². The maximum atomic E-state index is 11.9. The first-order chi connectivity index (χ1) is 15.7. The summed E-state index contributed by atoms with van der Waals surface area (Å²) < 4.78 is 10.0. The molecule has 2 N–H and O–H groups in total. The van der Waals surface area contributed by atoms with E-state index in [-0.39, 0.29) is 13.0 Å². The third-order valence-electron chi connectivity index (χ3n) is 5.02. The summed E-state index contributed by atoms with van der Waals surface area (Å²) in [5.41, 5.74) is -0.691. The lowest BCUT2D eigenvalue weighted by Crippen LogP contribution is -2.41. The van der Waals surface area contributed by atoms with Crippen molar-refractivity contribution in [1.29, 1.82) is 0 Å². The third kappa shape index (κ3) is 21.6. The van der Waals surface area contributed by atoms with Gasteiger partial charge in [-0.2, -0.15) is 0 Å². The molecule has 1 amide bonds. The van der Waals surface area contributed by atoms with Crippen LogP contribution in [0.3, 0.4) is 0 Å². The number of allylic oxidation sites excluding steroid dienone is 2. The first-order valence-electron chi connectivity index (χ1n) is 12.7. The van der Waals surface area contributed by atoms with E-state index in [4.69, 9.17) is 9.47 Å². The van der Waals surface area contributed by atoms with E-state index in [1.54, 1.807) is 20.8 Å². The number of alkyl carbamates (subject to hydrolysis) is 1. The molecule has 1 unspecified atom stereocenters. The summed E-state index contributed by atoms with van der Waals surface area (Å²) >= 11 is 0. The Morgan fingerprint density at radius 1 is 0.848 bits per heavy atom. The number of hydrogen-bond acceptors (Lipinski definition) is 5. The smallest absolute Gasteiger partial charge is 0.407 e. The molecule has 0 aliphatic rings. The Morgan fingerprint density at radius 3 is 1.88 bits per heavy atom. The van der Waals surface area contributed by atoms with Gasteiger partial charge >= 0.3 is 18.0 Å². The van der Waals surface area contributed by atoms with Crippen LogP contribution < -0.4 is 5.32 Å². The van der Waals surface area contributed by atoms with Crippen LogP contribution in [0.5, 0.6) is 0 Å². The summed E-state index contributed by atoms with van der Waals surface area (Å²) in [6.07, 6.45) is 17.7. The highest BCUT2D eigenvalue weighted by Crippen LogP contribution is 2.11. The molecule has 0 heterocycles. The van der Waals surface area contributed by atoms with Crippen molar-refractivity contribution in [3.05, 3.63) is 12.2 Å². The monoisotopic (exact) mass is 469 g/mol. The fourth-order valence-corrected chi connectivity index (χ4v) is 3.23. The molecule has 0 aliphatic heterocycles. The predicted molar refractivity (Wildman–Crippen MR) is 131 cm³/mol. The van der Waals surface area contributed by atoms with Crippen molar-refractivity contribution >= 4 is 18.0 Å². The molecule has 0 fully saturated rings. The van der Waals surface area contributed by atoms with Crippen molar-refractivity contribution in [2.75, 3.05) is 6.54 Å². The Labute approximate surface area is 200 Å². The van der Waals surface area contributed by atoms with Gasteiger partial charge in [-0.3, -0.25) is 4.79 Å². The van der Waals surface area contributed by atoms with Crippen molar-refractivity contribution in [3.63, 3.8) is 0 Å². The Hall–Kier alpha value is -2.05. The molecule has 0 bridgehead atoms. The molecule has 0 radical (unpaired) electrons. The number of hydrogen-bond donors (Lipinski definition) is 2. The minimum absolute atomic E-state index is 0.175. The summed E-state index contributed by atoms with van der Waals surface area (Å²) in [6, 6.07) is 0. The molecule has 0 aromatic carbocycles. The number of carbonyl (C=O) groups excluding carboxylic acids is 2. The highest BCUT2D eigenvalue weighted by atomic mass is 16.6. The van der Waals surface area contributed by atoms with Crippen LogP contribution in [-0.2, 0) is 19.1 Å². The SMILES string of the molecule is CCCCCCCCC=CCCCCCCCC(=O)OC(CNC(=O)OC(C)(C)C)C(=O)O. The summed E-state index contributed by atoms with van der Waals surface area (Å²) in [4.78, 5) is 34.8. The predicted octanol–water partition coefficient (Wildman–Crippen LogP) is 6.55. The van der Waals surface area contributed by atoms with Gasteiger partial charge in [0, 0.05) is 6.42 Å². The van der Waals surface area contributed by atoms with E-state index in [0.717, 1.165) is 32.1 Å². The lowest BCUT2D eigenvalue weighted by molar-refractivity contribution is -0.163. The zero-order valence-electron chi connectivity index (χ0n) is 21.3. The molecule has 0 aromatic rings. The van der Waals surface area contributed by atoms with E-state index >= 15 is 0 Å². The molecular weight excluding hydrogens is 422 g/mol. The van der Waals surface area contributed by atoms with Crippen molar-refractivity contribution in [2.24, 2.45) is 0 Å². The molecule has 0 rings (SSSR count). The van der Waals surface area contributed by atoms with Crippen LogP contribution in [0.4, 0.5) is 4.79 Å². The van der Waals surface area contributed by atoms with Gasteiger partial charge in [0.15, 0.2) is 0 Å². The van der Waals surface area contributed by atoms with Crippen LogP contribution >= 0.6 is 0 Å². The Balaban J connectivity index is 3.75. The summed E-state index contributed by atoms with van der Waals surface area (Å²) in [6.45, 7) is 7.02. The molecule has 0 saturated carbocycles. The summed E-state index contributed by atoms with van der Waals surface area (Å²) in [5.74, 6) is -1.87. The molecule has 0 aromatic heterocycles. The van der Waals surface area contributed by atoms with E-state index in [0.29, 0.717) is 6.42 Å². The van der Waals surface area contributed by atoms with Gasteiger partial charge in [-0.15, -0.1) is 0 Å². The van der Waals surface area contributed by atoms with Gasteiger partial charge in [0.25, 0.3) is 0 Å². The van der Waals surface area contributed by atoms with Crippen molar-refractivity contribution in [2.45, 2.75) is 129 Å². The van der Waals surface area contributed by atoms with Crippen molar-refractivity contribution in [1.82, 2.24) is 5.32 Å².